The molecule has 6 nitrogen and oxygen atoms in total. The van der Waals surface area contributed by atoms with Crippen LogP contribution in [0.15, 0.2) is 12.1 Å². The highest BCUT2D eigenvalue weighted by Crippen LogP contribution is 2.28. The number of nitro groups is 1. The van der Waals surface area contributed by atoms with Crippen molar-refractivity contribution < 1.29 is 14.8 Å². The van der Waals surface area contributed by atoms with Crippen LogP contribution in [0.5, 0.6) is 0 Å². The van der Waals surface area contributed by atoms with Gasteiger partial charge in [0.2, 0.25) is 0 Å². The Morgan fingerprint density at radius 3 is 2.81 bits per heavy atom. The first-order valence-corrected chi connectivity index (χ1v) is 5.58. The van der Waals surface area contributed by atoms with E-state index in [1.165, 1.54) is 12.1 Å². The zero-order valence-corrected chi connectivity index (χ0v) is 9.49. The molecule has 1 rings (SSSR count). The van der Waals surface area contributed by atoms with E-state index in [9.17, 15) is 14.9 Å². The molecule has 0 spiro atoms. The van der Waals surface area contributed by atoms with Crippen LogP contribution in [0.4, 0.5) is 5.00 Å². The minimum atomic E-state index is -1.02. The van der Waals surface area contributed by atoms with E-state index in [1.807, 2.05) is 6.92 Å². The van der Waals surface area contributed by atoms with E-state index in [4.69, 9.17) is 5.11 Å². The second kappa shape index (κ2) is 5.57. The van der Waals surface area contributed by atoms with Gasteiger partial charge in [-0.3, -0.25) is 14.9 Å². The molecule has 16 heavy (non-hydrogen) atoms. The van der Waals surface area contributed by atoms with E-state index in [1.54, 1.807) is 0 Å². The van der Waals surface area contributed by atoms with Gasteiger partial charge in [-0.25, -0.2) is 0 Å². The van der Waals surface area contributed by atoms with Crippen LogP contribution in [0.1, 0.15) is 24.3 Å². The Kier molecular flexibility index (Phi) is 4.39. The first-order chi connectivity index (χ1) is 7.56. The summed E-state index contributed by atoms with van der Waals surface area (Å²) in [5, 5.41) is 22.2. The fourth-order valence-electron chi connectivity index (χ4n) is 1.19. The highest BCUT2D eigenvalue weighted by atomic mass is 32.1. The van der Waals surface area contributed by atoms with Crippen molar-refractivity contribution in [2.45, 2.75) is 19.4 Å². The lowest BCUT2D eigenvalue weighted by Crippen LogP contribution is -2.28. The molecule has 0 aliphatic carbocycles. The number of hydrogen-bond donors (Lipinski definition) is 2. The zero-order valence-electron chi connectivity index (χ0n) is 8.67. The van der Waals surface area contributed by atoms with Crippen LogP contribution in [0.2, 0.25) is 0 Å². The minimum absolute atomic E-state index is 0.0421. The summed E-state index contributed by atoms with van der Waals surface area (Å²) in [5.74, 6) is -1.02. The number of carboxylic acid groups (broad SMARTS) is 1. The molecule has 1 unspecified atom stereocenters. The molecule has 0 aliphatic heterocycles. The average Bonchev–Trinajstić information content (AvgIpc) is 2.67. The van der Waals surface area contributed by atoms with Crippen molar-refractivity contribution in [2.75, 3.05) is 6.54 Å². The summed E-state index contributed by atoms with van der Waals surface area (Å²) in [7, 11) is 0. The zero-order chi connectivity index (χ0) is 12.1. The Morgan fingerprint density at radius 1 is 1.69 bits per heavy atom. The van der Waals surface area contributed by atoms with Crippen LogP contribution in [0, 0.1) is 10.1 Å². The molecule has 0 radical (unpaired) electrons. The maximum atomic E-state index is 11.0. The summed E-state index contributed by atoms with van der Waals surface area (Å²) in [6.07, 6.45) is 0.803. The molecule has 0 saturated heterocycles. The molecule has 0 aromatic carbocycles. The standard InChI is InChI=1S/C9H12N2O4S/c1-2-5-10-8(9(12)13)6-3-4-7(16-6)11(14)15/h3-4,8,10H,2,5H2,1H3,(H,12,13). The van der Waals surface area contributed by atoms with Gasteiger partial charge in [-0.15, -0.1) is 0 Å². The Bertz CT molecular complexity index is 391. The average molecular weight is 244 g/mol. The van der Waals surface area contributed by atoms with E-state index in [2.05, 4.69) is 5.32 Å². The lowest BCUT2D eigenvalue weighted by Gasteiger charge is -2.10. The molecule has 88 valence electrons. The first-order valence-electron chi connectivity index (χ1n) is 4.76. The fourth-order valence-corrected chi connectivity index (χ4v) is 2.08. The van der Waals surface area contributed by atoms with Crippen LogP contribution in [0.3, 0.4) is 0 Å². The normalized spacial score (nSPS) is 12.3. The smallest absolute Gasteiger partial charge is 0.326 e. The third-order valence-electron chi connectivity index (χ3n) is 1.92. The largest absolute Gasteiger partial charge is 0.480 e. The van der Waals surface area contributed by atoms with E-state index in [-0.39, 0.29) is 5.00 Å². The molecule has 0 aliphatic rings. The van der Waals surface area contributed by atoms with Gasteiger partial charge in [0.1, 0.15) is 6.04 Å². The van der Waals surface area contributed by atoms with Crippen LogP contribution in [0.25, 0.3) is 0 Å². The third kappa shape index (κ3) is 3.01. The number of rotatable bonds is 6. The van der Waals surface area contributed by atoms with Crippen molar-refractivity contribution in [1.29, 1.82) is 0 Å². The number of nitrogens with zero attached hydrogens (tertiary/aromatic N) is 1. The predicted octanol–water partition coefficient (Wildman–Crippen LogP) is 1.78. The van der Waals surface area contributed by atoms with Crippen LogP contribution < -0.4 is 5.32 Å². The molecule has 2 N–H and O–H groups in total. The number of aliphatic carboxylic acids is 1. The molecular weight excluding hydrogens is 232 g/mol. The van der Waals surface area contributed by atoms with Gasteiger partial charge in [-0.05, 0) is 19.0 Å². The molecule has 1 heterocycles. The van der Waals surface area contributed by atoms with E-state index in [0.717, 1.165) is 17.8 Å². The summed E-state index contributed by atoms with van der Waals surface area (Å²) >= 11 is 0.885. The van der Waals surface area contributed by atoms with Crippen molar-refractivity contribution >= 4 is 22.3 Å². The van der Waals surface area contributed by atoms with Crippen molar-refractivity contribution in [3.05, 3.63) is 27.1 Å². The molecule has 0 bridgehead atoms. The van der Waals surface area contributed by atoms with Gasteiger partial charge in [-0.1, -0.05) is 18.3 Å². The van der Waals surface area contributed by atoms with Gasteiger partial charge < -0.3 is 10.4 Å². The number of nitrogens with one attached hydrogen (secondary N) is 1. The Hall–Kier alpha value is -1.47. The maximum Gasteiger partial charge on any atom is 0.326 e. The second-order valence-electron chi connectivity index (χ2n) is 3.16. The fraction of sp³-hybridized carbons (Fsp3) is 0.444. The van der Waals surface area contributed by atoms with Gasteiger partial charge in [0.15, 0.2) is 0 Å². The molecule has 1 atom stereocenters. The second-order valence-corrected chi connectivity index (χ2v) is 4.25. The van der Waals surface area contributed by atoms with Crippen molar-refractivity contribution in [3.63, 3.8) is 0 Å². The van der Waals surface area contributed by atoms with Gasteiger partial charge in [0.25, 0.3) is 0 Å². The SMILES string of the molecule is CCCNC(C(=O)O)c1ccc([N+](=O)[O-])s1. The molecule has 0 amide bonds. The number of hydrogen-bond acceptors (Lipinski definition) is 5. The first kappa shape index (κ1) is 12.6. The summed E-state index contributed by atoms with van der Waals surface area (Å²) in [6, 6.07) is 1.94. The van der Waals surface area contributed by atoms with E-state index in [0.29, 0.717) is 11.4 Å². The predicted molar refractivity (Wildman–Crippen MR) is 59.6 cm³/mol. The third-order valence-corrected chi connectivity index (χ3v) is 3.02. The lowest BCUT2D eigenvalue weighted by molar-refractivity contribution is -0.380. The van der Waals surface area contributed by atoms with E-state index >= 15 is 0 Å². The van der Waals surface area contributed by atoms with E-state index < -0.39 is 16.9 Å². The van der Waals surface area contributed by atoms with Crippen LogP contribution >= 0.6 is 11.3 Å². The van der Waals surface area contributed by atoms with Crippen molar-refractivity contribution in [3.8, 4) is 0 Å². The number of carboxylic acids is 1. The Morgan fingerprint density at radius 2 is 2.38 bits per heavy atom. The molecular formula is C9H12N2O4S. The summed E-state index contributed by atoms with van der Waals surface area (Å²) in [4.78, 5) is 21.4. The molecule has 0 saturated carbocycles. The summed E-state index contributed by atoms with van der Waals surface area (Å²) in [5.41, 5.74) is 0. The van der Waals surface area contributed by atoms with Gasteiger partial charge in [-0.2, -0.15) is 0 Å². The van der Waals surface area contributed by atoms with Crippen LogP contribution in [-0.4, -0.2) is 22.5 Å². The van der Waals surface area contributed by atoms with Gasteiger partial charge in [0.05, 0.1) is 4.92 Å². The van der Waals surface area contributed by atoms with Gasteiger partial charge in [0, 0.05) is 10.9 Å². The van der Waals surface area contributed by atoms with Gasteiger partial charge >= 0.3 is 11.0 Å². The molecule has 1 aromatic heterocycles. The van der Waals surface area contributed by atoms with Crippen molar-refractivity contribution in [1.82, 2.24) is 5.32 Å². The van der Waals surface area contributed by atoms with Crippen LogP contribution in [-0.2, 0) is 4.79 Å². The highest BCUT2D eigenvalue weighted by Gasteiger charge is 2.23. The number of thiophene rings is 1. The molecule has 7 heteroatoms. The molecule has 1 aromatic rings. The Labute approximate surface area is 96.1 Å². The number of carbonyl (C=O) groups is 1. The highest BCUT2D eigenvalue weighted by molar-refractivity contribution is 7.15. The summed E-state index contributed by atoms with van der Waals surface area (Å²) in [6.45, 7) is 2.48. The molecule has 0 fully saturated rings. The minimum Gasteiger partial charge on any atom is -0.480 e. The summed E-state index contributed by atoms with van der Waals surface area (Å²) < 4.78 is 0. The van der Waals surface area contributed by atoms with Crippen molar-refractivity contribution in [2.24, 2.45) is 0 Å². The topological polar surface area (TPSA) is 92.5 Å². The monoisotopic (exact) mass is 244 g/mol. The quantitative estimate of drug-likeness (QED) is 0.587. The Balaban J connectivity index is 2.84. The lowest BCUT2D eigenvalue weighted by atomic mass is 10.2. The maximum absolute atomic E-state index is 11.0.